The van der Waals surface area contributed by atoms with E-state index in [1.165, 1.54) is 0 Å². The fraction of sp³-hybridized carbons (Fsp3) is 0.238. The number of hydrogen-bond donors (Lipinski definition) is 1. The number of nitrogens with two attached hydrogens (primary N) is 1. The molecule has 0 saturated heterocycles. The predicted molar refractivity (Wildman–Crippen MR) is 200 cm³/mol. The number of amides is 1. The third-order valence-electron chi connectivity index (χ3n) is 8.75. The van der Waals surface area contributed by atoms with Crippen molar-refractivity contribution in [1.29, 1.82) is 5.26 Å². The van der Waals surface area contributed by atoms with Crippen molar-refractivity contribution in [3.8, 4) is 28.3 Å². The number of aromatic nitrogens is 2. The molecule has 2 aromatic heterocycles. The number of rotatable bonds is 3. The topological polar surface area (TPSA) is 111 Å². The van der Waals surface area contributed by atoms with Gasteiger partial charge in [0.2, 0.25) is 5.91 Å². The summed E-state index contributed by atoms with van der Waals surface area (Å²) in [7, 11) is 3.63. The average molecular weight is 651 g/mol. The molecule has 7 nitrogen and oxygen atoms in total. The Morgan fingerprint density at radius 1 is 0.612 bits per heavy atom. The maximum Gasteiger partial charge on any atom is 0.258 e. The molecule has 6 aromatic rings. The van der Waals surface area contributed by atoms with Gasteiger partial charge in [-0.25, -0.2) is 0 Å². The van der Waals surface area contributed by atoms with Crippen LogP contribution in [0.15, 0.2) is 107 Å². The fourth-order valence-corrected chi connectivity index (χ4v) is 6.80. The van der Waals surface area contributed by atoms with Crippen LogP contribution in [0.4, 0.5) is 0 Å². The first-order chi connectivity index (χ1) is 23.1. The Hall–Kier alpha value is -5.74. The molecular formula is C42H42N4O3. The van der Waals surface area contributed by atoms with Gasteiger partial charge in [0.25, 0.3) is 11.1 Å². The lowest BCUT2D eigenvalue weighted by molar-refractivity contribution is 0.100. The number of carbonyl (C=O) groups excluding carboxylic acids is 1. The van der Waals surface area contributed by atoms with Gasteiger partial charge in [0.15, 0.2) is 0 Å². The minimum absolute atomic E-state index is 0.0286. The molecule has 248 valence electrons. The number of fused-ring (bicyclic) bond motifs is 2. The van der Waals surface area contributed by atoms with Crippen molar-refractivity contribution < 1.29 is 4.79 Å². The molecule has 0 fully saturated rings. The molecule has 0 aliphatic rings. The summed E-state index contributed by atoms with van der Waals surface area (Å²) < 4.78 is 3.46. The standard InChI is InChI=1S/C21H22N2O2.C21H20N2O/c1-21(2,3)18-17(13-8-6-5-7-9-13)16-12-14(19(22)24)10-11-15(16)20(25)23(18)4;1-21(2,3)19-18(15-8-6-5-7-9-15)17-12-14(13-22)10-11-16(17)20(24)23(19)4/h5-12H,1-4H3,(H2,22,24);5-12H,1-4H3. The van der Waals surface area contributed by atoms with Crippen LogP contribution in [0.5, 0.6) is 0 Å². The first-order valence-electron chi connectivity index (χ1n) is 16.2. The molecule has 49 heavy (non-hydrogen) atoms. The number of pyridine rings is 2. The summed E-state index contributed by atoms with van der Waals surface area (Å²) >= 11 is 0. The minimum Gasteiger partial charge on any atom is -0.366 e. The van der Waals surface area contributed by atoms with E-state index < -0.39 is 5.91 Å². The van der Waals surface area contributed by atoms with Gasteiger partial charge in [0.1, 0.15) is 0 Å². The summed E-state index contributed by atoms with van der Waals surface area (Å²) in [5.74, 6) is -0.501. The van der Waals surface area contributed by atoms with E-state index in [1.807, 2.05) is 73.8 Å². The quantitative estimate of drug-likeness (QED) is 0.209. The van der Waals surface area contributed by atoms with Gasteiger partial charge < -0.3 is 14.9 Å². The third kappa shape index (κ3) is 6.55. The summed E-state index contributed by atoms with van der Waals surface area (Å²) in [5.41, 5.74) is 11.8. The first kappa shape index (κ1) is 34.6. The highest BCUT2D eigenvalue weighted by Gasteiger charge is 2.27. The smallest absolute Gasteiger partial charge is 0.258 e. The van der Waals surface area contributed by atoms with E-state index in [4.69, 9.17) is 5.73 Å². The van der Waals surface area contributed by atoms with Crippen LogP contribution in [0.3, 0.4) is 0 Å². The highest BCUT2D eigenvalue weighted by molar-refractivity contribution is 6.03. The van der Waals surface area contributed by atoms with Gasteiger partial charge in [-0.3, -0.25) is 14.4 Å². The van der Waals surface area contributed by atoms with Crippen LogP contribution < -0.4 is 16.9 Å². The molecule has 1 amide bonds. The fourth-order valence-electron chi connectivity index (χ4n) is 6.80. The molecule has 0 aliphatic carbocycles. The van der Waals surface area contributed by atoms with Crippen LogP contribution in [-0.4, -0.2) is 15.0 Å². The highest BCUT2D eigenvalue weighted by Crippen LogP contribution is 2.38. The van der Waals surface area contributed by atoms with E-state index in [-0.39, 0.29) is 21.9 Å². The summed E-state index contributed by atoms with van der Waals surface area (Å²) in [4.78, 5) is 37.4. The second kappa shape index (κ2) is 13.0. The normalized spacial score (nSPS) is 11.6. The van der Waals surface area contributed by atoms with Crippen molar-refractivity contribution in [1.82, 2.24) is 9.13 Å². The molecule has 0 aliphatic heterocycles. The Labute approximate surface area is 286 Å². The van der Waals surface area contributed by atoms with Crippen molar-refractivity contribution in [2.24, 2.45) is 19.8 Å². The third-order valence-corrected chi connectivity index (χ3v) is 8.75. The van der Waals surface area contributed by atoms with Crippen molar-refractivity contribution in [3.63, 3.8) is 0 Å². The minimum atomic E-state index is -0.501. The van der Waals surface area contributed by atoms with E-state index in [9.17, 15) is 19.6 Å². The largest absolute Gasteiger partial charge is 0.366 e. The molecule has 6 rings (SSSR count). The van der Waals surface area contributed by atoms with Crippen molar-refractivity contribution in [3.05, 3.63) is 140 Å². The summed E-state index contributed by atoms with van der Waals surface area (Å²) in [6.07, 6.45) is 0. The Morgan fingerprint density at radius 3 is 1.41 bits per heavy atom. The van der Waals surface area contributed by atoms with Gasteiger partial charge in [-0.1, -0.05) is 102 Å². The van der Waals surface area contributed by atoms with E-state index in [0.717, 1.165) is 44.4 Å². The maximum absolute atomic E-state index is 12.9. The number of hydrogen-bond acceptors (Lipinski definition) is 4. The number of nitriles is 1. The molecule has 0 unspecified atom stereocenters. The van der Waals surface area contributed by atoms with E-state index >= 15 is 0 Å². The van der Waals surface area contributed by atoms with Gasteiger partial charge >= 0.3 is 0 Å². The molecule has 0 radical (unpaired) electrons. The lowest BCUT2D eigenvalue weighted by Gasteiger charge is -2.27. The van der Waals surface area contributed by atoms with E-state index in [1.54, 1.807) is 46.5 Å². The molecule has 7 heteroatoms. The number of primary amides is 1. The molecular weight excluding hydrogens is 608 g/mol. The van der Waals surface area contributed by atoms with Crippen LogP contribution in [0.2, 0.25) is 0 Å². The summed E-state index contributed by atoms with van der Waals surface area (Å²) in [6, 6.07) is 32.5. The van der Waals surface area contributed by atoms with Gasteiger partial charge in [-0.2, -0.15) is 5.26 Å². The SMILES string of the molecule is Cn1c(C(C)(C)C)c(-c2ccccc2)c2cc(C#N)ccc2c1=O.Cn1c(C(C)(C)C)c(-c2ccccc2)c2cc(C(N)=O)ccc2c1=O. The molecule has 4 aromatic carbocycles. The van der Waals surface area contributed by atoms with Gasteiger partial charge in [0, 0.05) is 63.8 Å². The van der Waals surface area contributed by atoms with Crippen LogP contribution >= 0.6 is 0 Å². The van der Waals surface area contributed by atoms with Crippen LogP contribution in [-0.2, 0) is 24.9 Å². The number of nitrogens with zero attached hydrogens (tertiary/aromatic N) is 3. The van der Waals surface area contributed by atoms with Gasteiger partial charge in [0.05, 0.1) is 11.6 Å². The average Bonchev–Trinajstić information content (AvgIpc) is 3.07. The Kier molecular flexibility index (Phi) is 9.21. The molecule has 0 bridgehead atoms. The number of benzene rings is 4. The molecule has 0 atom stereocenters. The van der Waals surface area contributed by atoms with Gasteiger partial charge in [-0.15, -0.1) is 0 Å². The van der Waals surface area contributed by atoms with Crippen molar-refractivity contribution >= 4 is 27.5 Å². The maximum atomic E-state index is 12.9. The first-order valence-corrected chi connectivity index (χ1v) is 16.2. The lowest BCUT2D eigenvalue weighted by atomic mass is 9.83. The second-order valence-corrected chi connectivity index (χ2v) is 14.4. The molecule has 0 saturated carbocycles. The van der Waals surface area contributed by atoms with Crippen molar-refractivity contribution in [2.45, 2.75) is 52.4 Å². The predicted octanol–water partition coefficient (Wildman–Crippen LogP) is 7.98. The summed E-state index contributed by atoms with van der Waals surface area (Å²) in [5, 5.41) is 12.1. The van der Waals surface area contributed by atoms with Crippen molar-refractivity contribution in [2.75, 3.05) is 0 Å². The zero-order chi connectivity index (χ0) is 35.8. The highest BCUT2D eigenvalue weighted by atomic mass is 16.1. The van der Waals surface area contributed by atoms with E-state index in [2.05, 4.69) is 47.6 Å². The van der Waals surface area contributed by atoms with Crippen LogP contribution in [0.1, 0.15) is 68.9 Å². The molecule has 0 spiro atoms. The Balaban J connectivity index is 0.000000191. The molecule has 2 N–H and O–H groups in total. The van der Waals surface area contributed by atoms with Crippen LogP contribution in [0.25, 0.3) is 43.8 Å². The zero-order valence-electron chi connectivity index (χ0n) is 29.4. The lowest BCUT2D eigenvalue weighted by Crippen LogP contribution is -2.29. The number of carbonyl (C=O) groups is 1. The summed E-state index contributed by atoms with van der Waals surface area (Å²) in [6.45, 7) is 12.6. The molecule has 2 heterocycles. The van der Waals surface area contributed by atoms with E-state index in [0.29, 0.717) is 21.9 Å². The second-order valence-electron chi connectivity index (χ2n) is 14.4. The Morgan fingerprint density at radius 2 is 1.02 bits per heavy atom. The monoisotopic (exact) mass is 650 g/mol. The zero-order valence-corrected chi connectivity index (χ0v) is 29.4. The Bertz CT molecular complexity index is 2380. The van der Waals surface area contributed by atoms with Gasteiger partial charge in [-0.05, 0) is 58.3 Å². The van der Waals surface area contributed by atoms with Crippen LogP contribution in [0, 0.1) is 11.3 Å².